The van der Waals surface area contributed by atoms with E-state index in [1.54, 1.807) is 23.8 Å². The van der Waals surface area contributed by atoms with Crippen molar-refractivity contribution in [3.63, 3.8) is 0 Å². The molecule has 0 saturated heterocycles. The first-order chi connectivity index (χ1) is 4.39. The predicted molar refractivity (Wildman–Crippen MR) is 38.7 cm³/mol. The van der Waals surface area contributed by atoms with Gasteiger partial charge in [0, 0.05) is 11.6 Å². The maximum Gasteiger partial charge on any atom is 0.142 e. The fraction of sp³-hybridized carbons (Fsp3) is 0. The Hall–Kier alpha value is -0.830. The van der Waals surface area contributed by atoms with Crippen LogP contribution in [0.5, 0.6) is 0 Å². The zero-order valence-corrected chi connectivity index (χ0v) is 5.60. The van der Waals surface area contributed by atoms with E-state index >= 15 is 0 Å². The van der Waals surface area contributed by atoms with E-state index in [1.165, 1.54) is 0 Å². The summed E-state index contributed by atoms with van der Waals surface area (Å²) in [6.45, 7) is 0. The van der Waals surface area contributed by atoms with Gasteiger partial charge in [-0.15, -0.1) is 0 Å². The number of hydrogen-bond donors (Lipinski definition) is 1. The minimum atomic E-state index is -1.04. The van der Waals surface area contributed by atoms with E-state index in [1.807, 2.05) is 12.2 Å². The molecule has 0 amide bonds. The highest BCUT2D eigenvalue weighted by atomic mass is 32.2. The monoisotopic (exact) mass is 141 g/mol. The van der Waals surface area contributed by atoms with Gasteiger partial charge in [-0.1, -0.05) is 18.2 Å². The fourth-order valence-electron chi connectivity index (χ4n) is 0.446. The van der Waals surface area contributed by atoms with Crippen molar-refractivity contribution < 1.29 is 4.21 Å². The van der Waals surface area contributed by atoms with Crippen LogP contribution in [0.1, 0.15) is 0 Å². The maximum atomic E-state index is 10.7. The van der Waals surface area contributed by atoms with E-state index in [9.17, 15) is 4.21 Å². The molecule has 9 heavy (non-hydrogen) atoms. The lowest BCUT2D eigenvalue weighted by Crippen LogP contribution is -2.05. The zero-order chi connectivity index (χ0) is 6.53. The Kier molecular flexibility index (Phi) is 2.27. The Morgan fingerprint density at radius 2 is 1.89 bits per heavy atom. The minimum Gasteiger partial charge on any atom is -0.308 e. The van der Waals surface area contributed by atoms with E-state index in [0.717, 1.165) is 0 Å². The molecule has 0 aliphatic carbocycles. The third kappa shape index (κ3) is 2.28. The lowest BCUT2D eigenvalue weighted by Gasteiger charge is -1.92. The van der Waals surface area contributed by atoms with Crippen LogP contribution in [0.4, 0.5) is 0 Å². The smallest absolute Gasteiger partial charge is 0.142 e. The van der Waals surface area contributed by atoms with Gasteiger partial charge in [0.05, 0.1) is 0 Å². The largest absolute Gasteiger partial charge is 0.308 e. The summed E-state index contributed by atoms with van der Waals surface area (Å²) in [6.07, 6.45) is 8.87. The lowest BCUT2D eigenvalue weighted by atomic mass is 10.5. The standard InChI is InChI=1S/C6H7NOS/c8-9-6-4-2-1-3-5-7-9/h1-7H. The Morgan fingerprint density at radius 1 is 1.11 bits per heavy atom. The topological polar surface area (TPSA) is 29.1 Å². The van der Waals surface area contributed by atoms with Gasteiger partial charge in [0.1, 0.15) is 11.0 Å². The van der Waals surface area contributed by atoms with Gasteiger partial charge in [-0.05, 0) is 6.08 Å². The molecule has 1 rings (SSSR count). The summed E-state index contributed by atoms with van der Waals surface area (Å²) in [4.78, 5) is 0. The zero-order valence-electron chi connectivity index (χ0n) is 4.78. The highest BCUT2D eigenvalue weighted by Gasteiger charge is 1.84. The first-order valence-electron chi connectivity index (χ1n) is 2.56. The average molecular weight is 141 g/mol. The second kappa shape index (κ2) is 3.25. The molecule has 1 heterocycles. The van der Waals surface area contributed by atoms with E-state index in [2.05, 4.69) is 4.72 Å². The van der Waals surface area contributed by atoms with Crippen LogP contribution in [0.2, 0.25) is 0 Å². The van der Waals surface area contributed by atoms with Crippen LogP contribution in [0.15, 0.2) is 35.9 Å². The Labute approximate surface area is 56.5 Å². The van der Waals surface area contributed by atoms with E-state index < -0.39 is 11.0 Å². The van der Waals surface area contributed by atoms with Gasteiger partial charge in [0.15, 0.2) is 0 Å². The fourth-order valence-corrected chi connectivity index (χ4v) is 0.971. The maximum absolute atomic E-state index is 10.7. The van der Waals surface area contributed by atoms with Crippen molar-refractivity contribution in [3.8, 4) is 0 Å². The van der Waals surface area contributed by atoms with Gasteiger partial charge < -0.3 is 4.72 Å². The molecule has 1 aliphatic heterocycles. The van der Waals surface area contributed by atoms with Gasteiger partial charge in [-0.2, -0.15) is 0 Å². The molecule has 0 spiro atoms. The van der Waals surface area contributed by atoms with Crippen molar-refractivity contribution in [3.05, 3.63) is 35.9 Å². The molecular formula is C6H7NOS. The van der Waals surface area contributed by atoms with Crippen LogP contribution < -0.4 is 4.72 Å². The van der Waals surface area contributed by atoms with Crippen molar-refractivity contribution in [1.29, 1.82) is 0 Å². The van der Waals surface area contributed by atoms with Crippen LogP contribution in [-0.4, -0.2) is 4.21 Å². The molecular weight excluding hydrogens is 134 g/mol. The van der Waals surface area contributed by atoms with E-state index in [4.69, 9.17) is 0 Å². The van der Waals surface area contributed by atoms with Gasteiger partial charge in [0.25, 0.3) is 0 Å². The van der Waals surface area contributed by atoms with Crippen LogP contribution in [0.3, 0.4) is 0 Å². The molecule has 0 saturated carbocycles. The summed E-state index contributed by atoms with van der Waals surface area (Å²) in [7, 11) is -1.04. The van der Waals surface area contributed by atoms with Gasteiger partial charge in [-0.25, -0.2) is 4.21 Å². The summed E-state index contributed by atoms with van der Waals surface area (Å²) >= 11 is 0. The predicted octanol–water partition coefficient (Wildman–Crippen LogP) is 0.837. The summed E-state index contributed by atoms with van der Waals surface area (Å²) in [5, 5.41) is 1.58. The SMILES string of the molecule is O=S1C=CC=CC=CN1. The lowest BCUT2D eigenvalue weighted by molar-refractivity contribution is 0.685. The first kappa shape index (κ1) is 6.29. The third-order valence-corrected chi connectivity index (χ3v) is 1.59. The molecule has 0 aromatic rings. The Balaban J connectivity index is 2.70. The highest BCUT2D eigenvalue weighted by molar-refractivity contribution is 7.86. The first-order valence-corrected chi connectivity index (χ1v) is 3.77. The average Bonchev–Trinajstić information content (AvgIpc) is 1.79. The molecule has 0 fully saturated rings. The highest BCUT2D eigenvalue weighted by Crippen LogP contribution is 1.86. The Morgan fingerprint density at radius 3 is 2.78 bits per heavy atom. The van der Waals surface area contributed by atoms with E-state index in [-0.39, 0.29) is 0 Å². The van der Waals surface area contributed by atoms with Crippen molar-refractivity contribution in [2.24, 2.45) is 0 Å². The third-order valence-electron chi connectivity index (χ3n) is 0.816. The molecule has 0 bridgehead atoms. The molecule has 1 atom stereocenters. The van der Waals surface area contributed by atoms with Crippen LogP contribution in [0, 0.1) is 0 Å². The van der Waals surface area contributed by atoms with Crippen molar-refractivity contribution in [1.82, 2.24) is 4.72 Å². The van der Waals surface area contributed by atoms with Crippen molar-refractivity contribution in [2.45, 2.75) is 0 Å². The van der Waals surface area contributed by atoms with Crippen LogP contribution in [-0.2, 0) is 11.0 Å². The molecule has 3 heteroatoms. The van der Waals surface area contributed by atoms with Crippen LogP contribution >= 0.6 is 0 Å². The number of nitrogens with one attached hydrogen (secondary N) is 1. The quantitative estimate of drug-likeness (QED) is 0.532. The molecule has 48 valence electrons. The Bertz CT molecular complexity index is 193. The summed E-state index contributed by atoms with van der Waals surface area (Å²) in [5.41, 5.74) is 0. The van der Waals surface area contributed by atoms with Gasteiger partial charge >= 0.3 is 0 Å². The molecule has 1 N–H and O–H groups in total. The minimum absolute atomic E-state index is 1.04. The molecule has 1 aliphatic rings. The summed E-state index contributed by atoms with van der Waals surface area (Å²) in [5.74, 6) is 0. The van der Waals surface area contributed by atoms with Gasteiger partial charge in [-0.3, -0.25) is 0 Å². The van der Waals surface area contributed by atoms with Crippen molar-refractivity contribution >= 4 is 11.0 Å². The molecule has 1 unspecified atom stereocenters. The molecule has 2 nitrogen and oxygen atoms in total. The second-order valence-electron chi connectivity index (χ2n) is 1.49. The molecule has 0 aromatic carbocycles. The number of allylic oxidation sites excluding steroid dienone is 4. The van der Waals surface area contributed by atoms with Gasteiger partial charge in [0.2, 0.25) is 0 Å². The summed E-state index contributed by atoms with van der Waals surface area (Å²) in [6, 6.07) is 0. The second-order valence-corrected chi connectivity index (χ2v) is 2.59. The van der Waals surface area contributed by atoms with Crippen molar-refractivity contribution in [2.75, 3.05) is 0 Å². The molecule has 0 aromatic heterocycles. The summed E-state index contributed by atoms with van der Waals surface area (Å²) < 4.78 is 13.3. The van der Waals surface area contributed by atoms with Crippen LogP contribution in [0.25, 0.3) is 0 Å². The molecule has 0 radical (unpaired) electrons. The number of rotatable bonds is 0. The number of hydrogen-bond acceptors (Lipinski definition) is 1. The van der Waals surface area contributed by atoms with E-state index in [0.29, 0.717) is 0 Å². The normalized spacial score (nSPS) is 24.7.